The molecule has 0 spiro atoms. The van der Waals surface area contributed by atoms with Crippen LogP contribution in [0.4, 0.5) is 0 Å². The highest BCUT2D eigenvalue weighted by molar-refractivity contribution is 7.89. The molecule has 7 nitrogen and oxygen atoms in total. The van der Waals surface area contributed by atoms with Gasteiger partial charge < -0.3 is 14.0 Å². The first-order chi connectivity index (χ1) is 14.0. The first-order valence-electron chi connectivity index (χ1n) is 9.47. The molecule has 29 heavy (non-hydrogen) atoms. The van der Waals surface area contributed by atoms with E-state index in [0.717, 1.165) is 11.5 Å². The van der Waals surface area contributed by atoms with Crippen molar-refractivity contribution in [3.05, 3.63) is 71.8 Å². The molecule has 4 rings (SSSR count). The van der Waals surface area contributed by atoms with Crippen molar-refractivity contribution >= 4 is 10.0 Å². The van der Waals surface area contributed by atoms with Gasteiger partial charge in [0.25, 0.3) is 0 Å². The van der Waals surface area contributed by atoms with Crippen LogP contribution in [0.15, 0.2) is 59.6 Å². The van der Waals surface area contributed by atoms with E-state index in [-0.39, 0.29) is 11.4 Å². The lowest BCUT2D eigenvalue weighted by Crippen LogP contribution is -2.27. The molecule has 152 valence electrons. The predicted molar refractivity (Wildman–Crippen MR) is 109 cm³/mol. The average molecular weight is 413 g/mol. The Kier molecular flexibility index (Phi) is 5.55. The molecule has 0 amide bonds. The zero-order valence-corrected chi connectivity index (χ0v) is 17.0. The second-order valence-corrected chi connectivity index (χ2v) is 8.61. The lowest BCUT2D eigenvalue weighted by atomic mass is 10.2. The molecule has 0 saturated carbocycles. The van der Waals surface area contributed by atoms with Gasteiger partial charge in [0.1, 0.15) is 19.0 Å². The molecule has 1 N–H and O–H groups in total. The smallest absolute Gasteiger partial charge is 0.240 e. The van der Waals surface area contributed by atoms with Crippen LogP contribution in [0.5, 0.6) is 11.5 Å². The molecule has 0 radical (unpaired) electrons. The van der Waals surface area contributed by atoms with E-state index in [1.807, 2.05) is 31.3 Å². The van der Waals surface area contributed by atoms with E-state index in [2.05, 4.69) is 26.4 Å². The van der Waals surface area contributed by atoms with Crippen LogP contribution in [-0.2, 0) is 23.0 Å². The van der Waals surface area contributed by atoms with Gasteiger partial charge in [-0.3, -0.25) is 0 Å². The molecule has 0 atom stereocenters. The van der Waals surface area contributed by atoms with Gasteiger partial charge in [-0.1, -0.05) is 30.3 Å². The summed E-state index contributed by atoms with van der Waals surface area (Å²) in [7, 11) is -3.65. The number of aryl methyl sites for hydroxylation is 1. The van der Waals surface area contributed by atoms with E-state index in [0.29, 0.717) is 37.7 Å². The van der Waals surface area contributed by atoms with Crippen molar-refractivity contribution < 1.29 is 17.9 Å². The zero-order chi connectivity index (χ0) is 20.3. The Morgan fingerprint density at radius 3 is 2.62 bits per heavy atom. The van der Waals surface area contributed by atoms with Crippen molar-refractivity contribution in [3.63, 3.8) is 0 Å². The summed E-state index contributed by atoms with van der Waals surface area (Å²) in [5, 5.41) is 0. The molecule has 0 fully saturated rings. The van der Waals surface area contributed by atoms with E-state index in [4.69, 9.17) is 9.47 Å². The van der Waals surface area contributed by atoms with E-state index in [9.17, 15) is 8.42 Å². The van der Waals surface area contributed by atoms with Crippen LogP contribution < -0.4 is 14.2 Å². The SMILES string of the molecule is Cc1cnc(CCNS(=O)(=O)c2ccc3c(c2)OCCO3)n1Cc1ccccc1. The highest BCUT2D eigenvalue weighted by Crippen LogP contribution is 2.32. The topological polar surface area (TPSA) is 82.5 Å². The molecule has 1 aliphatic heterocycles. The molecule has 1 aromatic heterocycles. The second kappa shape index (κ2) is 8.26. The molecular weight excluding hydrogens is 390 g/mol. The summed E-state index contributed by atoms with van der Waals surface area (Å²) in [4.78, 5) is 4.61. The third-order valence-electron chi connectivity index (χ3n) is 4.79. The summed E-state index contributed by atoms with van der Waals surface area (Å²) < 4.78 is 41.0. The van der Waals surface area contributed by atoms with Crippen LogP contribution in [0.2, 0.25) is 0 Å². The Balaban J connectivity index is 1.42. The number of aromatic nitrogens is 2. The Morgan fingerprint density at radius 2 is 1.83 bits per heavy atom. The molecule has 0 saturated heterocycles. The normalized spacial score (nSPS) is 13.4. The van der Waals surface area contributed by atoms with Gasteiger partial charge >= 0.3 is 0 Å². The summed E-state index contributed by atoms with van der Waals surface area (Å²) in [6, 6.07) is 14.8. The maximum Gasteiger partial charge on any atom is 0.240 e. The number of fused-ring (bicyclic) bond motifs is 1. The zero-order valence-electron chi connectivity index (χ0n) is 16.2. The second-order valence-electron chi connectivity index (χ2n) is 6.84. The quantitative estimate of drug-likeness (QED) is 0.644. The molecule has 0 aliphatic carbocycles. The van der Waals surface area contributed by atoms with Crippen LogP contribution in [0.3, 0.4) is 0 Å². The lowest BCUT2D eigenvalue weighted by molar-refractivity contribution is 0.171. The van der Waals surface area contributed by atoms with Gasteiger partial charge in [0.15, 0.2) is 11.5 Å². The molecule has 3 aromatic rings. The van der Waals surface area contributed by atoms with Crippen molar-refractivity contribution in [2.75, 3.05) is 19.8 Å². The van der Waals surface area contributed by atoms with Crippen LogP contribution >= 0.6 is 0 Å². The van der Waals surface area contributed by atoms with Gasteiger partial charge in [-0.05, 0) is 24.6 Å². The Labute approximate surface area is 170 Å². The summed E-state index contributed by atoms with van der Waals surface area (Å²) in [5.74, 6) is 1.86. The summed E-state index contributed by atoms with van der Waals surface area (Å²) in [6.07, 6.45) is 2.30. The van der Waals surface area contributed by atoms with Gasteiger partial charge in [-0.25, -0.2) is 18.1 Å². The summed E-state index contributed by atoms with van der Waals surface area (Å²) >= 11 is 0. The van der Waals surface area contributed by atoms with E-state index >= 15 is 0 Å². The van der Waals surface area contributed by atoms with Crippen molar-refractivity contribution in [2.45, 2.75) is 24.8 Å². The van der Waals surface area contributed by atoms with Gasteiger partial charge in [-0.2, -0.15) is 0 Å². The van der Waals surface area contributed by atoms with Crippen molar-refractivity contribution in [1.82, 2.24) is 14.3 Å². The number of hydrogen-bond acceptors (Lipinski definition) is 5. The minimum Gasteiger partial charge on any atom is -0.486 e. The molecule has 0 bridgehead atoms. The number of nitrogens with zero attached hydrogens (tertiary/aromatic N) is 2. The van der Waals surface area contributed by atoms with Gasteiger partial charge in [0, 0.05) is 37.5 Å². The summed E-state index contributed by atoms with van der Waals surface area (Å²) in [6.45, 7) is 3.83. The van der Waals surface area contributed by atoms with Crippen molar-refractivity contribution in [3.8, 4) is 11.5 Å². The van der Waals surface area contributed by atoms with Crippen LogP contribution in [0.25, 0.3) is 0 Å². The van der Waals surface area contributed by atoms with Gasteiger partial charge in [0.05, 0.1) is 4.90 Å². The fourth-order valence-electron chi connectivity index (χ4n) is 3.26. The van der Waals surface area contributed by atoms with E-state index in [1.54, 1.807) is 6.07 Å². The lowest BCUT2D eigenvalue weighted by Gasteiger charge is -2.19. The monoisotopic (exact) mass is 413 g/mol. The highest BCUT2D eigenvalue weighted by atomic mass is 32.2. The van der Waals surface area contributed by atoms with E-state index in [1.165, 1.54) is 17.7 Å². The molecule has 2 aromatic carbocycles. The minimum absolute atomic E-state index is 0.158. The first-order valence-corrected chi connectivity index (χ1v) is 11.0. The molecule has 8 heteroatoms. The minimum atomic E-state index is -3.65. The van der Waals surface area contributed by atoms with Crippen LogP contribution in [0.1, 0.15) is 17.1 Å². The van der Waals surface area contributed by atoms with Crippen LogP contribution in [-0.4, -0.2) is 37.7 Å². The fourth-order valence-corrected chi connectivity index (χ4v) is 4.31. The Hall–Kier alpha value is -2.84. The molecular formula is C21H23N3O4S. The fraction of sp³-hybridized carbons (Fsp3) is 0.286. The highest BCUT2D eigenvalue weighted by Gasteiger charge is 2.19. The number of sulfonamides is 1. The van der Waals surface area contributed by atoms with Crippen molar-refractivity contribution in [2.24, 2.45) is 0 Å². The number of ether oxygens (including phenoxy) is 2. The number of rotatable bonds is 7. The Morgan fingerprint density at radius 1 is 1.07 bits per heavy atom. The van der Waals surface area contributed by atoms with Gasteiger partial charge in [-0.15, -0.1) is 0 Å². The van der Waals surface area contributed by atoms with E-state index < -0.39 is 10.0 Å². The third-order valence-corrected chi connectivity index (χ3v) is 6.24. The maximum absolute atomic E-state index is 12.7. The number of imidazole rings is 1. The largest absolute Gasteiger partial charge is 0.486 e. The average Bonchev–Trinajstić information content (AvgIpc) is 3.08. The Bertz CT molecular complexity index is 1090. The van der Waals surface area contributed by atoms with Crippen LogP contribution in [0, 0.1) is 6.92 Å². The number of hydrogen-bond donors (Lipinski definition) is 1. The predicted octanol–water partition coefficient (Wildman–Crippen LogP) is 2.53. The number of nitrogens with one attached hydrogen (secondary N) is 1. The summed E-state index contributed by atoms with van der Waals surface area (Å²) in [5.41, 5.74) is 2.21. The molecule has 2 heterocycles. The molecule has 1 aliphatic rings. The third kappa shape index (κ3) is 4.44. The first kappa shape index (κ1) is 19.5. The maximum atomic E-state index is 12.7. The number of benzene rings is 2. The standard InChI is InChI=1S/C21H23N3O4S/c1-16-14-22-21(24(16)15-17-5-3-2-4-6-17)9-10-23-29(25,26)18-7-8-19-20(13-18)28-12-11-27-19/h2-8,13-14,23H,9-12,15H2,1H3. The van der Waals surface area contributed by atoms with Gasteiger partial charge in [0.2, 0.25) is 10.0 Å². The molecule has 0 unspecified atom stereocenters. The van der Waals surface area contributed by atoms with Crippen molar-refractivity contribution in [1.29, 1.82) is 0 Å².